The second-order valence-corrected chi connectivity index (χ2v) is 5.52. The molecular formula is C16H18F2N2. The van der Waals surface area contributed by atoms with Crippen LogP contribution in [0.15, 0.2) is 24.3 Å². The number of halogens is 2. The van der Waals surface area contributed by atoms with Crippen LogP contribution in [0.3, 0.4) is 0 Å². The highest BCUT2D eigenvalue weighted by Gasteiger charge is 2.22. The Balaban J connectivity index is 1.96. The van der Waals surface area contributed by atoms with E-state index in [0.717, 1.165) is 30.5 Å². The first-order valence-electron chi connectivity index (χ1n) is 6.94. The van der Waals surface area contributed by atoms with Crippen molar-refractivity contribution in [1.29, 1.82) is 0 Å². The first-order chi connectivity index (χ1) is 9.56. The standard InChI is InChI=1S/C16H18F2N2/c1-10-7-12-15(19)3-2-4-16(12)20(10)9-11-5-6-13(17)14(18)8-11/h5-8,15H,2-4,9,19H2,1H3. The van der Waals surface area contributed by atoms with Crippen LogP contribution < -0.4 is 5.73 Å². The largest absolute Gasteiger partial charge is 0.344 e. The van der Waals surface area contributed by atoms with Crippen molar-refractivity contribution in [2.45, 2.75) is 38.8 Å². The van der Waals surface area contributed by atoms with Gasteiger partial charge in [0.15, 0.2) is 11.6 Å². The lowest BCUT2D eigenvalue weighted by atomic mass is 9.93. The number of hydrogen-bond acceptors (Lipinski definition) is 1. The van der Waals surface area contributed by atoms with Crippen LogP contribution in [0, 0.1) is 18.6 Å². The monoisotopic (exact) mass is 276 g/mol. The zero-order chi connectivity index (χ0) is 14.3. The number of aryl methyl sites for hydroxylation is 1. The number of benzene rings is 1. The fraction of sp³-hybridized carbons (Fsp3) is 0.375. The van der Waals surface area contributed by atoms with E-state index in [-0.39, 0.29) is 6.04 Å². The summed E-state index contributed by atoms with van der Waals surface area (Å²) < 4.78 is 28.5. The molecule has 1 heterocycles. The molecule has 0 bridgehead atoms. The molecule has 0 spiro atoms. The smallest absolute Gasteiger partial charge is 0.159 e. The molecule has 1 aliphatic rings. The molecule has 1 aromatic heterocycles. The van der Waals surface area contributed by atoms with E-state index in [1.165, 1.54) is 23.4 Å². The molecule has 1 aliphatic carbocycles. The van der Waals surface area contributed by atoms with E-state index in [9.17, 15) is 8.78 Å². The van der Waals surface area contributed by atoms with E-state index >= 15 is 0 Å². The Bertz CT molecular complexity index is 646. The van der Waals surface area contributed by atoms with E-state index in [0.29, 0.717) is 6.54 Å². The maximum Gasteiger partial charge on any atom is 0.159 e. The highest BCUT2D eigenvalue weighted by Crippen LogP contribution is 2.31. The molecule has 2 nitrogen and oxygen atoms in total. The van der Waals surface area contributed by atoms with Crippen molar-refractivity contribution in [3.05, 3.63) is 58.4 Å². The summed E-state index contributed by atoms with van der Waals surface area (Å²) in [6, 6.07) is 6.31. The highest BCUT2D eigenvalue weighted by molar-refractivity contribution is 5.34. The Hall–Kier alpha value is -1.68. The molecule has 0 saturated heterocycles. The number of aromatic nitrogens is 1. The van der Waals surface area contributed by atoms with Gasteiger partial charge < -0.3 is 10.3 Å². The summed E-state index contributed by atoms with van der Waals surface area (Å²) in [5.74, 6) is -1.60. The molecule has 2 aromatic rings. The van der Waals surface area contributed by atoms with Crippen LogP contribution in [0.25, 0.3) is 0 Å². The Labute approximate surface area is 117 Å². The van der Waals surface area contributed by atoms with Gasteiger partial charge in [0.1, 0.15) is 0 Å². The zero-order valence-electron chi connectivity index (χ0n) is 11.5. The predicted octanol–water partition coefficient (Wildman–Crippen LogP) is 3.46. The minimum atomic E-state index is -0.804. The van der Waals surface area contributed by atoms with Gasteiger partial charge in [-0.25, -0.2) is 8.78 Å². The van der Waals surface area contributed by atoms with Gasteiger partial charge in [-0.05, 0) is 55.5 Å². The van der Waals surface area contributed by atoms with Crippen LogP contribution in [-0.2, 0) is 13.0 Å². The minimum Gasteiger partial charge on any atom is -0.344 e. The predicted molar refractivity (Wildman–Crippen MR) is 74.5 cm³/mol. The first-order valence-corrected chi connectivity index (χ1v) is 6.94. The average molecular weight is 276 g/mol. The maximum absolute atomic E-state index is 13.3. The van der Waals surface area contributed by atoms with Gasteiger partial charge in [-0.2, -0.15) is 0 Å². The second kappa shape index (κ2) is 5.02. The minimum absolute atomic E-state index is 0.101. The van der Waals surface area contributed by atoms with E-state index in [4.69, 9.17) is 5.73 Å². The number of fused-ring (bicyclic) bond motifs is 1. The molecule has 1 aromatic carbocycles. The molecule has 1 atom stereocenters. The molecular weight excluding hydrogens is 258 g/mol. The van der Waals surface area contributed by atoms with Gasteiger partial charge in [-0.1, -0.05) is 6.07 Å². The normalized spacial score (nSPS) is 18.1. The van der Waals surface area contributed by atoms with Crippen molar-refractivity contribution in [3.8, 4) is 0 Å². The van der Waals surface area contributed by atoms with Crippen LogP contribution in [0.4, 0.5) is 8.78 Å². The molecule has 4 heteroatoms. The molecule has 0 aliphatic heterocycles. The summed E-state index contributed by atoms with van der Waals surface area (Å²) in [7, 11) is 0. The quantitative estimate of drug-likeness (QED) is 0.894. The lowest BCUT2D eigenvalue weighted by molar-refractivity contribution is 0.505. The van der Waals surface area contributed by atoms with Crippen molar-refractivity contribution >= 4 is 0 Å². The Morgan fingerprint density at radius 2 is 2.05 bits per heavy atom. The topological polar surface area (TPSA) is 30.9 Å². The second-order valence-electron chi connectivity index (χ2n) is 5.52. The van der Waals surface area contributed by atoms with Crippen molar-refractivity contribution in [2.75, 3.05) is 0 Å². The molecule has 2 N–H and O–H groups in total. The van der Waals surface area contributed by atoms with E-state index in [1.54, 1.807) is 6.07 Å². The van der Waals surface area contributed by atoms with Crippen LogP contribution >= 0.6 is 0 Å². The number of nitrogens with zero attached hydrogens (tertiary/aromatic N) is 1. The third-order valence-electron chi connectivity index (χ3n) is 4.10. The summed E-state index contributed by atoms with van der Waals surface area (Å²) in [4.78, 5) is 0. The SMILES string of the molecule is Cc1cc2c(n1Cc1ccc(F)c(F)c1)CCCC2N. The number of nitrogens with two attached hydrogens (primary N) is 1. The zero-order valence-corrected chi connectivity index (χ0v) is 11.5. The summed E-state index contributed by atoms with van der Waals surface area (Å²) in [5, 5.41) is 0. The lowest BCUT2D eigenvalue weighted by Gasteiger charge is -2.21. The Morgan fingerprint density at radius 1 is 1.25 bits per heavy atom. The Morgan fingerprint density at radius 3 is 2.80 bits per heavy atom. The third-order valence-corrected chi connectivity index (χ3v) is 4.10. The molecule has 0 fully saturated rings. The lowest BCUT2D eigenvalue weighted by Crippen LogP contribution is -2.18. The summed E-state index contributed by atoms with van der Waals surface area (Å²) in [6.45, 7) is 2.59. The third kappa shape index (κ3) is 2.24. The van der Waals surface area contributed by atoms with Gasteiger partial charge >= 0.3 is 0 Å². The molecule has 0 amide bonds. The van der Waals surface area contributed by atoms with E-state index in [1.807, 2.05) is 6.92 Å². The fourth-order valence-electron chi connectivity index (χ4n) is 3.04. The van der Waals surface area contributed by atoms with Crippen LogP contribution in [-0.4, -0.2) is 4.57 Å². The average Bonchev–Trinajstić information content (AvgIpc) is 2.73. The molecule has 1 unspecified atom stereocenters. The number of rotatable bonds is 2. The molecule has 20 heavy (non-hydrogen) atoms. The van der Waals surface area contributed by atoms with Gasteiger partial charge in [-0.3, -0.25) is 0 Å². The van der Waals surface area contributed by atoms with Gasteiger partial charge in [0.05, 0.1) is 0 Å². The summed E-state index contributed by atoms with van der Waals surface area (Å²) in [6.07, 6.45) is 3.09. The first kappa shape index (κ1) is 13.3. The van der Waals surface area contributed by atoms with Gasteiger partial charge in [0.25, 0.3) is 0 Å². The van der Waals surface area contributed by atoms with Gasteiger partial charge in [-0.15, -0.1) is 0 Å². The van der Waals surface area contributed by atoms with Gasteiger partial charge in [0, 0.05) is 24.0 Å². The van der Waals surface area contributed by atoms with Crippen LogP contribution in [0.1, 0.15) is 41.4 Å². The van der Waals surface area contributed by atoms with E-state index in [2.05, 4.69) is 10.6 Å². The fourth-order valence-corrected chi connectivity index (χ4v) is 3.04. The number of hydrogen-bond donors (Lipinski definition) is 1. The highest BCUT2D eigenvalue weighted by atomic mass is 19.2. The Kier molecular flexibility index (Phi) is 3.34. The van der Waals surface area contributed by atoms with Crippen molar-refractivity contribution in [1.82, 2.24) is 4.57 Å². The molecule has 0 radical (unpaired) electrons. The van der Waals surface area contributed by atoms with Gasteiger partial charge in [0.2, 0.25) is 0 Å². The maximum atomic E-state index is 13.3. The summed E-state index contributed by atoms with van der Waals surface area (Å²) in [5.41, 5.74) is 10.5. The van der Waals surface area contributed by atoms with Crippen LogP contribution in [0.5, 0.6) is 0 Å². The molecule has 3 rings (SSSR count). The van der Waals surface area contributed by atoms with Crippen molar-refractivity contribution in [2.24, 2.45) is 5.73 Å². The molecule has 0 saturated carbocycles. The summed E-state index contributed by atoms with van der Waals surface area (Å²) >= 11 is 0. The van der Waals surface area contributed by atoms with Crippen molar-refractivity contribution < 1.29 is 8.78 Å². The molecule has 106 valence electrons. The van der Waals surface area contributed by atoms with E-state index < -0.39 is 11.6 Å². The van der Waals surface area contributed by atoms with Crippen LogP contribution in [0.2, 0.25) is 0 Å². The van der Waals surface area contributed by atoms with Crippen molar-refractivity contribution in [3.63, 3.8) is 0 Å².